The third kappa shape index (κ3) is 5.00. The lowest BCUT2D eigenvalue weighted by atomic mass is 9.95. The highest BCUT2D eigenvalue weighted by atomic mass is 19.4. The summed E-state index contributed by atoms with van der Waals surface area (Å²) in [6.45, 7) is 3.96. The molecule has 0 saturated carbocycles. The average Bonchev–Trinajstić information content (AvgIpc) is 3.40. The van der Waals surface area contributed by atoms with E-state index >= 15 is 0 Å². The number of alkyl halides is 3. The van der Waals surface area contributed by atoms with E-state index in [1.807, 2.05) is 18.2 Å². The molecule has 5 aromatic rings. The highest BCUT2D eigenvalue weighted by molar-refractivity contribution is 6.08. The number of nitrogens with zero attached hydrogens (tertiary/aromatic N) is 1. The molecule has 4 aromatic carbocycles. The Morgan fingerprint density at radius 3 is 2.48 bits per heavy atom. The molecule has 4 nitrogen and oxygen atoms in total. The summed E-state index contributed by atoms with van der Waals surface area (Å²) in [5, 5.41) is 4.24. The molecule has 202 valence electrons. The number of H-pyrrole nitrogens is 1. The van der Waals surface area contributed by atoms with Gasteiger partial charge in [0.2, 0.25) is 0 Å². The van der Waals surface area contributed by atoms with Gasteiger partial charge in [0.1, 0.15) is 0 Å². The van der Waals surface area contributed by atoms with Crippen LogP contribution >= 0.6 is 0 Å². The first-order valence-electron chi connectivity index (χ1n) is 13.3. The molecule has 0 saturated heterocycles. The van der Waals surface area contributed by atoms with Gasteiger partial charge in [-0.05, 0) is 77.6 Å². The minimum atomic E-state index is -4.41. The zero-order valence-corrected chi connectivity index (χ0v) is 21.9. The number of hydrogen-bond acceptors (Lipinski definition) is 2. The summed E-state index contributed by atoms with van der Waals surface area (Å²) in [4.78, 5) is 19.1. The second kappa shape index (κ2) is 10.3. The number of para-hydroxylation sites is 1. The van der Waals surface area contributed by atoms with Crippen LogP contribution in [-0.2, 0) is 19.1 Å². The minimum absolute atomic E-state index is 0.255. The number of hydrogen-bond donors (Lipinski definition) is 2. The molecule has 1 aromatic heterocycles. The van der Waals surface area contributed by atoms with Gasteiger partial charge in [-0.25, -0.2) is 0 Å². The Morgan fingerprint density at radius 1 is 0.925 bits per heavy atom. The van der Waals surface area contributed by atoms with Crippen molar-refractivity contribution in [1.29, 1.82) is 0 Å². The van der Waals surface area contributed by atoms with Crippen LogP contribution in [0.15, 0.2) is 97.2 Å². The molecular weight excluding hydrogens is 511 g/mol. The van der Waals surface area contributed by atoms with Crippen molar-refractivity contribution in [2.45, 2.75) is 32.1 Å². The average molecular weight is 540 g/mol. The van der Waals surface area contributed by atoms with Crippen molar-refractivity contribution in [3.8, 4) is 11.1 Å². The van der Waals surface area contributed by atoms with Gasteiger partial charge in [0, 0.05) is 47.5 Å². The van der Waals surface area contributed by atoms with Crippen molar-refractivity contribution in [2.75, 3.05) is 11.9 Å². The van der Waals surface area contributed by atoms with Crippen molar-refractivity contribution in [3.63, 3.8) is 0 Å². The predicted octanol–water partition coefficient (Wildman–Crippen LogP) is 8.23. The number of benzene rings is 4. The van der Waals surface area contributed by atoms with E-state index in [-0.39, 0.29) is 11.9 Å². The maximum absolute atomic E-state index is 13.3. The molecule has 1 aliphatic rings. The van der Waals surface area contributed by atoms with Crippen molar-refractivity contribution in [3.05, 3.63) is 125 Å². The molecule has 0 radical (unpaired) electrons. The van der Waals surface area contributed by atoms with E-state index in [0.717, 1.165) is 37.2 Å². The van der Waals surface area contributed by atoms with Gasteiger partial charge in [-0.2, -0.15) is 13.2 Å². The quantitative estimate of drug-likeness (QED) is 0.236. The number of nitrogens with one attached hydrogen (secondary N) is 2. The molecule has 0 spiro atoms. The molecule has 2 heterocycles. The third-order valence-electron chi connectivity index (χ3n) is 7.82. The number of aromatic nitrogens is 1. The summed E-state index contributed by atoms with van der Waals surface area (Å²) in [5.41, 5.74) is 6.38. The molecule has 40 heavy (non-hydrogen) atoms. The zero-order chi connectivity index (χ0) is 27.9. The summed E-state index contributed by atoms with van der Waals surface area (Å²) in [7, 11) is 0. The van der Waals surface area contributed by atoms with Crippen molar-refractivity contribution in [1.82, 2.24) is 9.88 Å². The molecule has 1 aliphatic heterocycles. The fourth-order valence-corrected chi connectivity index (χ4v) is 5.59. The van der Waals surface area contributed by atoms with Crippen molar-refractivity contribution >= 4 is 22.5 Å². The Kier molecular flexibility index (Phi) is 6.68. The van der Waals surface area contributed by atoms with E-state index < -0.39 is 11.7 Å². The van der Waals surface area contributed by atoms with Crippen LogP contribution in [0.2, 0.25) is 0 Å². The van der Waals surface area contributed by atoms with Gasteiger partial charge in [0.25, 0.3) is 5.91 Å². The van der Waals surface area contributed by atoms with Gasteiger partial charge >= 0.3 is 6.18 Å². The standard InChI is InChI=1S/C33H28F3N3O/c1-21(30-19-37-31-9-5-4-7-28(30)31)39-17-16-23-18-26(15-12-24(23)20-39)38-32(40)29-8-3-2-6-27(29)22-10-13-25(14-11-22)33(34,35)36/h2-15,18-19,21,37H,16-17,20H2,1H3,(H,38,40). The van der Waals surface area contributed by atoms with E-state index in [9.17, 15) is 18.0 Å². The van der Waals surface area contributed by atoms with Crippen LogP contribution in [0.4, 0.5) is 18.9 Å². The van der Waals surface area contributed by atoms with Crippen LogP contribution in [-0.4, -0.2) is 22.3 Å². The first-order valence-corrected chi connectivity index (χ1v) is 13.3. The van der Waals surface area contributed by atoms with Gasteiger partial charge in [0.05, 0.1) is 5.56 Å². The second-order valence-electron chi connectivity index (χ2n) is 10.2. The van der Waals surface area contributed by atoms with Crippen LogP contribution in [0, 0.1) is 0 Å². The molecule has 0 bridgehead atoms. The number of aromatic amines is 1. The lowest BCUT2D eigenvalue weighted by molar-refractivity contribution is -0.137. The highest BCUT2D eigenvalue weighted by Gasteiger charge is 2.30. The smallest absolute Gasteiger partial charge is 0.361 e. The lowest BCUT2D eigenvalue weighted by Gasteiger charge is -2.34. The van der Waals surface area contributed by atoms with Crippen LogP contribution in [0.25, 0.3) is 22.0 Å². The number of amides is 1. The van der Waals surface area contributed by atoms with Gasteiger partial charge in [-0.3, -0.25) is 9.69 Å². The summed E-state index contributed by atoms with van der Waals surface area (Å²) < 4.78 is 39.0. The fraction of sp³-hybridized carbons (Fsp3) is 0.182. The van der Waals surface area contributed by atoms with Crippen LogP contribution in [0.1, 0.15) is 45.6 Å². The van der Waals surface area contributed by atoms with E-state index in [0.29, 0.717) is 22.4 Å². The molecule has 0 aliphatic carbocycles. The topological polar surface area (TPSA) is 48.1 Å². The SMILES string of the molecule is CC(c1c[nH]c2ccccc12)N1CCc2cc(NC(=O)c3ccccc3-c3ccc(C(F)(F)F)cc3)ccc2C1. The second-order valence-corrected chi connectivity index (χ2v) is 10.2. The number of carbonyl (C=O) groups is 1. The van der Waals surface area contributed by atoms with Gasteiger partial charge in [-0.15, -0.1) is 0 Å². The fourth-order valence-electron chi connectivity index (χ4n) is 5.59. The number of anilines is 1. The van der Waals surface area contributed by atoms with Gasteiger partial charge in [0.15, 0.2) is 0 Å². The Labute approximate surface area is 230 Å². The molecule has 6 rings (SSSR count). The Bertz CT molecular complexity index is 1690. The van der Waals surface area contributed by atoms with E-state index in [4.69, 9.17) is 0 Å². The largest absolute Gasteiger partial charge is 0.416 e. The maximum atomic E-state index is 13.3. The highest BCUT2D eigenvalue weighted by Crippen LogP contribution is 2.34. The molecule has 7 heteroatoms. The maximum Gasteiger partial charge on any atom is 0.416 e. The Morgan fingerprint density at radius 2 is 1.68 bits per heavy atom. The lowest BCUT2D eigenvalue weighted by Crippen LogP contribution is -2.32. The molecule has 1 amide bonds. The predicted molar refractivity (Wildman–Crippen MR) is 152 cm³/mol. The monoisotopic (exact) mass is 539 g/mol. The molecular formula is C33H28F3N3O. The normalized spacial score (nSPS) is 14.6. The number of fused-ring (bicyclic) bond motifs is 2. The Balaban J connectivity index is 1.18. The number of carbonyl (C=O) groups excluding carboxylic acids is 1. The summed E-state index contributed by atoms with van der Waals surface area (Å²) in [6.07, 6.45) is -1.44. The van der Waals surface area contributed by atoms with E-state index in [1.165, 1.54) is 34.2 Å². The first-order chi connectivity index (χ1) is 19.3. The van der Waals surface area contributed by atoms with Gasteiger partial charge < -0.3 is 10.3 Å². The summed E-state index contributed by atoms with van der Waals surface area (Å²) >= 11 is 0. The molecule has 2 N–H and O–H groups in total. The minimum Gasteiger partial charge on any atom is -0.361 e. The molecule has 0 fully saturated rings. The van der Waals surface area contributed by atoms with Crippen molar-refractivity contribution < 1.29 is 18.0 Å². The third-order valence-corrected chi connectivity index (χ3v) is 7.82. The zero-order valence-electron chi connectivity index (χ0n) is 21.9. The van der Waals surface area contributed by atoms with Crippen molar-refractivity contribution in [2.24, 2.45) is 0 Å². The first kappa shape index (κ1) is 25.9. The van der Waals surface area contributed by atoms with Crippen LogP contribution in [0.5, 0.6) is 0 Å². The number of halogens is 3. The summed E-state index contributed by atoms with van der Waals surface area (Å²) in [5.74, 6) is -0.305. The van der Waals surface area contributed by atoms with Crippen LogP contribution in [0.3, 0.4) is 0 Å². The summed E-state index contributed by atoms with van der Waals surface area (Å²) in [6, 6.07) is 26.4. The Hall–Kier alpha value is -4.36. The van der Waals surface area contributed by atoms with E-state index in [1.54, 1.807) is 24.3 Å². The van der Waals surface area contributed by atoms with E-state index in [2.05, 4.69) is 52.6 Å². The molecule has 1 unspecified atom stereocenters. The molecule has 1 atom stereocenters. The van der Waals surface area contributed by atoms with Crippen LogP contribution < -0.4 is 5.32 Å². The van der Waals surface area contributed by atoms with Gasteiger partial charge in [-0.1, -0.05) is 54.6 Å². The number of rotatable bonds is 5.